The molecule has 21 heavy (non-hydrogen) atoms. The number of benzene rings is 1. The van der Waals surface area contributed by atoms with E-state index in [4.69, 9.17) is 9.84 Å². The molecule has 2 rings (SSSR count). The lowest BCUT2D eigenvalue weighted by atomic mass is 9.96. The molecule has 1 aromatic carbocycles. The fourth-order valence-electron chi connectivity index (χ4n) is 2.31. The number of nitrogens with zero attached hydrogens (tertiary/aromatic N) is 1. The summed E-state index contributed by atoms with van der Waals surface area (Å²) in [5.74, 6) is -0.0961. The molecule has 1 heterocycles. The predicted octanol–water partition coefficient (Wildman–Crippen LogP) is 2.51. The molecule has 0 bridgehead atoms. The van der Waals surface area contributed by atoms with Crippen molar-refractivity contribution in [3.63, 3.8) is 0 Å². The van der Waals surface area contributed by atoms with Crippen LogP contribution in [0.5, 0.6) is 5.75 Å². The highest BCUT2D eigenvalue weighted by Gasteiger charge is 2.23. The number of fused-ring (bicyclic) bond motifs is 1. The first-order chi connectivity index (χ1) is 10.0. The highest BCUT2D eigenvalue weighted by Crippen LogP contribution is 2.36. The first-order valence-corrected chi connectivity index (χ1v) is 7.03. The maximum atomic E-state index is 11.7. The lowest BCUT2D eigenvalue weighted by Crippen LogP contribution is -2.29. The number of carboxylic acid groups (broad SMARTS) is 1. The van der Waals surface area contributed by atoms with Gasteiger partial charge in [0.2, 0.25) is 0 Å². The Labute approximate surface area is 123 Å². The number of ether oxygens (including phenoxy) is 1. The zero-order chi connectivity index (χ0) is 15.4. The standard InChI is InChI=1S/C15H20N2O4/c1-3-17(2)15(20)21-11-5-6-12-10(4-7-14(18)19)9-16-13(12)8-11/h5-6,8,10,16H,3-4,7,9H2,1-2H3,(H,18,19). The van der Waals surface area contributed by atoms with Crippen LogP contribution in [0, 0.1) is 0 Å². The number of nitrogens with one attached hydrogen (secondary N) is 1. The Morgan fingerprint density at radius 2 is 2.24 bits per heavy atom. The van der Waals surface area contributed by atoms with E-state index in [1.54, 1.807) is 19.2 Å². The second kappa shape index (κ2) is 6.47. The Hall–Kier alpha value is -2.24. The quantitative estimate of drug-likeness (QED) is 0.871. The average Bonchev–Trinajstić information content (AvgIpc) is 2.86. The minimum absolute atomic E-state index is 0.157. The molecule has 1 atom stereocenters. The summed E-state index contributed by atoms with van der Waals surface area (Å²) in [7, 11) is 1.68. The first kappa shape index (κ1) is 15.2. The smallest absolute Gasteiger partial charge is 0.414 e. The van der Waals surface area contributed by atoms with Crippen LogP contribution in [0.4, 0.5) is 10.5 Å². The van der Waals surface area contributed by atoms with Gasteiger partial charge in [-0.1, -0.05) is 6.07 Å². The van der Waals surface area contributed by atoms with Crippen LogP contribution in [0.15, 0.2) is 18.2 Å². The monoisotopic (exact) mass is 292 g/mol. The molecule has 0 radical (unpaired) electrons. The number of carboxylic acids is 1. The summed E-state index contributed by atoms with van der Waals surface area (Å²) in [6, 6.07) is 5.44. The summed E-state index contributed by atoms with van der Waals surface area (Å²) in [6.45, 7) is 3.17. The maximum Gasteiger partial charge on any atom is 0.414 e. The molecule has 0 saturated carbocycles. The third kappa shape index (κ3) is 3.65. The van der Waals surface area contributed by atoms with E-state index in [9.17, 15) is 9.59 Å². The van der Waals surface area contributed by atoms with Crippen LogP contribution in [0.3, 0.4) is 0 Å². The second-order valence-corrected chi connectivity index (χ2v) is 5.14. The topological polar surface area (TPSA) is 78.9 Å². The van der Waals surface area contributed by atoms with E-state index in [1.165, 1.54) is 4.90 Å². The normalized spacial score (nSPS) is 16.0. The molecular formula is C15H20N2O4. The van der Waals surface area contributed by atoms with Gasteiger partial charge in [0.1, 0.15) is 5.75 Å². The van der Waals surface area contributed by atoms with Crippen molar-refractivity contribution in [2.45, 2.75) is 25.7 Å². The van der Waals surface area contributed by atoms with Crippen LogP contribution in [-0.2, 0) is 4.79 Å². The van der Waals surface area contributed by atoms with Crippen LogP contribution in [0.25, 0.3) is 0 Å². The summed E-state index contributed by atoms with van der Waals surface area (Å²) in [6.07, 6.45) is 0.370. The van der Waals surface area contributed by atoms with Gasteiger partial charge in [0.05, 0.1) is 0 Å². The fourth-order valence-corrected chi connectivity index (χ4v) is 2.31. The molecule has 0 saturated heterocycles. The van der Waals surface area contributed by atoms with Gasteiger partial charge in [-0.15, -0.1) is 0 Å². The lowest BCUT2D eigenvalue weighted by molar-refractivity contribution is -0.137. The number of anilines is 1. The summed E-state index contributed by atoms with van der Waals surface area (Å²) in [5, 5.41) is 12.0. The molecule has 114 valence electrons. The molecule has 1 amide bonds. The van der Waals surface area contributed by atoms with E-state index < -0.39 is 12.1 Å². The predicted molar refractivity (Wildman–Crippen MR) is 78.9 cm³/mol. The van der Waals surface area contributed by atoms with Crippen molar-refractivity contribution in [2.24, 2.45) is 0 Å². The zero-order valence-electron chi connectivity index (χ0n) is 12.3. The van der Waals surface area contributed by atoms with Gasteiger partial charge in [-0.25, -0.2) is 4.79 Å². The zero-order valence-corrected chi connectivity index (χ0v) is 12.3. The van der Waals surface area contributed by atoms with Crippen LogP contribution in [-0.4, -0.2) is 42.2 Å². The van der Waals surface area contributed by atoms with Crippen molar-refractivity contribution >= 4 is 17.7 Å². The highest BCUT2D eigenvalue weighted by atomic mass is 16.6. The van der Waals surface area contributed by atoms with Crippen molar-refractivity contribution in [3.8, 4) is 5.75 Å². The summed E-state index contributed by atoms with van der Waals surface area (Å²) in [5.41, 5.74) is 2.00. The van der Waals surface area contributed by atoms with Crippen molar-refractivity contribution in [3.05, 3.63) is 23.8 Å². The molecule has 1 unspecified atom stereocenters. The van der Waals surface area contributed by atoms with Crippen molar-refractivity contribution < 1.29 is 19.4 Å². The van der Waals surface area contributed by atoms with Crippen LogP contribution < -0.4 is 10.1 Å². The molecule has 6 nitrogen and oxygen atoms in total. The van der Waals surface area contributed by atoms with Gasteiger partial charge in [-0.05, 0) is 25.0 Å². The molecule has 6 heteroatoms. The molecule has 1 aliphatic heterocycles. The van der Waals surface area contributed by atoms with Crippen molar-refractivity contribution in [1.82, 2.24) is 4.90 Å². The van der Waals surface area contributed by atoms with Gasteiger partial charge in [0, 0.05) is 44.2 Å². The SMILES string of the molecule is CCN(C)C(=O)Oc1ccc2c(c1)NCC2CCC(=O)O. The van der Waals surface area contributed by atoms with Crippen LogP contribution in [0.2, 0.25) is 0 Å². The number of hydrogen-bond donors (Lipinski definition) is 2. The highest BCUT2D eigenvalue weighted by molar-refractivity contribution is 5.72. The molecule has 0 spiro atoms. The maximum absolute atomic E-state index is 11.7. The molecule has 0 fully saturated rings. The van der Waals surface area contributed by atoms with E-state index in [-0.39, 0.29) is 12.3 Å². The summed E-state index contributed by atoms with van der Waals surface area (Å²) in [4.78, 5) is 23.8. The Morgan fingerprint density at radius 3 is 2.90 bits per heavy atom. The summed E-state index contributed by atoms with van der Waals surface area (Å²) >= 11 is 0. The van der Waals surface area contributed by atoms with Gasteiger partial charge in [-0.2, -0.15) is 0 Å². The van der Waals surface area contributed by atoms with Gasteiger partial charge in [-0.3, -0.25) is 4.79 Å². The number of rotatable bonds is 5. The Kier molecular flexibility index (Phi) is 4.67. The van der Waals surface area contributed by atoms with E-state index in [1.807, 2.05) is 13.0 Å². The molecule has 1 aliphatic rings. The second-order valence-electron chi connectivity index (χ2n) is 5.14. The molecule has 1 aromatic rings. The van der Waals surface area contributed by atoms with Gasteiger partial charge >= 0.3 is 12.1 Å². The van der Waals surface area contributed by atoms with Crippen LogP contribution in [0.1, 0.15) is 31.2 Å². The third-order valence-corrected chi connectivity index (χ3v) is 3.70. The number of carbonyl (C=O) groups is 2. The van der Waals surface area contributed by atoms with Crippen molar-refractivity contribution in [1.29, 1.82) is 0 Å². The minimum Gasteiger partial charge on any atom is -0.481 e. The van der Waals surface area contributed by atoms with E-state index in [2.05, 4.69) is 5.32 Å². The average molecular weight is 292 g/mol. The number of hydrogen-bond acceptors (Lipinski definition) is 4. The number of aliphatic carboxylic acids is 1. The Morgan fingerprint density at radius 1 is 1.48 bits per heavy atom. The minimum atomic E-state index is -0.781. The van der Waals surface area contributed by atoms with Gasteiger partial charge in [0.25, 0.3) is 0 Å². The Bertz CT molecular complexity index is 544. The van der Waals surface area contributed by atoms with Crippen LogP contribution >= 0.6 is 0 Å². The van der Waals surface area contributed by atoms with Crippen molar-refractivity contribution in [2.75, 3.05) is 25.5 Å². The number of carbonyl (C=O) groups excluding carboxylic acids is 1. The first-order valence-electron chi connectivity index (χ1n) is 7.03. The molecule has 0 aliphatic carbocycles. The van der Waals surface area contributed by atoms with E-state index >= 15 is 0 Å². The lowest BCUT2D eigenvalue weighted by Gasteiger charge is -2.15. The van der Waals surface area contributed by atoms with Gasteiger partial charge < -0.3 is 20.1 Å². The van der Waals surface area contributed by atoms with E-state index in [0.29, 0.717) is 18.7 Å². The third-order valence-electron chi connectivity index (χ3n) is 3.70. The summed E-state index contributed by atoms with van der Waals surface area (Å²) < 4.78 is 5.28. The van der Waals surface area contributed by atoms with Gasteiger partial charge in [0.15, 0.2) is 0 Å². The Balaban J connectivity index is 2.04. The molecule has 2 N–H and O–H groups in total. The molecular weight excluding hydrogens is 272 g/mol. The fraction of sp³-hybridized carbons (Fsp3) is 0.467. The largest absolute Gasteiger partial charge is 0.481 e. The van der Waals surface area contributed by atoms with E-state index in [0.717, 1.165) is 17.8 Å². The molecule has 0 aromatic heterocycles. The number of amides is 1.